The molecule has 0 aliphatic carbocycles. The molecule has 11 rings (SSSR count). The van der Waals surface area contributed by atoms with Crippen molar-refractivity contribution in [2.24, 2.45) is 0 Å². The maximum Gasteiger partial charge on any atom is 0.161 e. The number of thiophene rings is 1. The third-order valence-corrected chi connectivity index (χ3v) is 12.0. The van der Waals surface area contributed by atoms with Gasteiger partial charge in [-0.15, -0.1) is 11.3 Å². The Bertz CT molecular complexity index is 3250. The SMILES string of the molecule is c1ccc(-c2cc(-c3cccc(-c4cccc5c4c4ccccc4n5-c4ccc5sc6ccccc6c5c4)c3)nc(-c3ccccc3-c3ccccc3)n2)cc1. The van der Waals surface area contributed by atoms with Crippen molar-refractivity contribution in [2.45, 2.75) is 0 Å². The van der Waals surface area contributed by atoms with Gasteiger partial charge in [0.25, 0.3) is 0 Å². The van der Waals surface area contributed by atoms with Crippen molar-refractivity contribution in [1.29, 1.82) is 0 Å². The van der Waals surface area contributed by atoms with E-state index in [0.29, 0.717) is 5.82 Å². The van der Waals surface area contributed by atoms with Gasteiger partial charge in [0.2, 0.25) is 0 Å². The Kier molecular flexibility index (Phi) is 7.68. The highest BCUT2D eigenvalue weighted by atomic mass is 32.1. The van der Waals surface area contributed by atoms with Crippen LogP contribution in [0.3, 0.4) is 0 Å². The summed E-state index contributed by atoms with van der Waals surface area (Å²) in [6.45, 7) is 0. The van der Waals surface area contributed by atoms with Crippen molar-refractivity contribution in [3.8, 4) is 61.8 Å². The van der Waals surface area contributed by atoms with Crippen LogP contribution in [0.15, 0.2) is 200 Å². The fourth-order valence-electron chi connectivity index (χ4n) is 8.26. The molecule has 0 bridgehead atoms. The number of aromatic nitrogens is 3. The zero-order valence-corrected chi connectivity index (χ0v) is 31.1. The molecule has 0 radical (unpaired) electrons. The molecule has 11 aromatic rings. The van der Waals surface area contributed by atoms with Gasteiger partial charge in [0, 0.05) is 53.3 Å². The van der Waals surface area contributed by atoms with Crippen LogP contribution in [0.2, 0.25) is 0 Å². The van der Waals surface area contributed by atoms with E-state index in [1.54, 1.807) is 0 Å². The zero-order chi connectivity index (χ0) is 37.0. The van der Waals surface area contributed by atoms with Gasteiger partial charge in [0.05, 0.1) is 22.4 Å². The van der Waals surface area contributed by atoms with E-state index in [-0.39, 0.29) is 0 Å². The first-order valence-electron chi connectivity index (χ1n) is 18.9. The van der Waals surface area contributed by atoms with Crippen molar-refractivity contribution >= 4 is 53.3 Å². The molecule has 0 spiro atoms. The molecular formula is C52H33N3S. The second-order valence-corrected chi connectivity index (χ2v) is 15.2. The number of benzene rings is 8. The molecular weight excluding hydrogens is 699 g/mol. The van der Waals surface area contributed by atoms with E-state index in [2.05, 4.69) is 193 Å². The lowest BCUT2D eigenvalue weighted by Crippen LogP contribution is -1.97. The Hall–Kier alpha value is -7.14. The van der Waals surface area contributed by atoms with E-state index in [9.17, 15) is 0 Å². The predicted molar refractivity (Wildman–Crippen MR) is 236 cm³/mol. The third kappa shape index (κ3) is 5.42. The molecule has 0 aliphatic rings. The standard InChI is InChI=1S/C52H33N3S/c1-3-15-34(16-4-1)39-21-7-8-23-42(39)52-53-45(35-17-5-2-6-18-35)33-46(54-52)37-20-13-19-36(31-37)40-25-14-27-48-51(40)43-24-9-11-26-47(43)55(48)38-29-30-50-44(32-38)41-22-10-12-28-49(41)56-50/h1-33H. The summed E-state index contributed by atoms with van der Waals surface area (Å²) >= 11 is 1.85. The Morgan fingerprint density at radius 2 is 0.946 bits per heavy atom. The Labute approximate surface area is 328 Å². The number of hydrogen-bond acceptors (Lipinski definition) is 3. The monoisotopic (exact) mass is 731 g/mol. The Morgan fingerprint density at radius 1 is 0.357 bits per heavy atom. The van der Waals surface area contributed by atoms with E-state index in [1.165, 1.54) is 47.5 Å². The van der Waals surface area contributed by atoms with Crippen LogP contribution in [-0.2, 0) is 0 Å². The largest absolute Gasteiger partial charge is 0.309 e. The molecule has 3 aromatic heterocycles. The summed E-state index contributed by atoms with van der Waals surface area (Å²) in [5.74, 6) is 0.701. The first-order valence-corrected chi connectivity index (χ1v) is 19.7. The van der Waals surface area contributed by atoms with E-state index in [4.69, 9.17) is 9.97 Å². The average molecular weight is 732 g/mol. The normalized spacial score (nSPS) is 11.6. The first-order chi connectivity index (χ1) is 27.8. The van der Waals surface area contributed by atoms with Crippen LogP contribution in [0.4, 0.5) is 0 Å². The summed E-state index contributed by atoms with van der Waals surface area (Å²) < 4.78 is 5.05. The molecule has 56 heavy (non-hydrogen) atoms. The lowest BCUT2D eigenvalue weighted by Gasteiger charge is -2.13. The van der Waals surface area contributed by atoms with Crippen molar-refractivity contribution in [1.82, 2.24) is 14.5 Å². The highest BCUT2D eigenvalue weighted by Crippen LogP contribution is 2.42. The van der Waals surface area contributed by atoms with Gasteiger partial charge < -0.3 is 4.57 Å². The highest BCUT2D eigenvalue weighted by Gasteiger charge is 2.19. The molecule has 0 unspecified atom stereocenters. The summed E-state index contributed by atoms with van der Waals surface area (Å²) in [5, 5.41) is 5.07. The van der Waals surface area contributed by atoms with E-state index < -0.39 is 0 Å². The first kappa shape index (κ1) is 32.3. The van der Waals surface area contributed by atoms with Crippen molar-refractivity contribution < 1.29 is 0 Å². The molecule has 0 amide bonds. The third-order valence-electron chi connectivity index (χ3n) is 10.8. The topological polar surface area (TPSA) is 30.7 Å². The fraction of sp³-hybridized carbons (Fsp3) is 0. The molecule has 0 atom stereocenters. The van der Waals surface area contributed by atoms with Crippen LogP contribution in [-0.4, -0.2) is 14.5 Å². The van der Waals surface area contributed by atoms with Gasteiger partial charge in [-0.3, -0.25) is 0 Å². The average Bonchev–Trinajstić information content (AvgIpc) is 3.82. The lowest BCUT2D eigenvalue weighted by atomic mass is 9.96. The van der Waals surface area contributed by atoms with Crippen molar-refractivity contribution in [2.75, 3.05) is 0 Å². The molecule has 0 fully saturated rings. The van der Waals surface area contributed by atoms with Crippen molar-refractivity contribution in [3.05, 3.63) is 200 Å². The Balaban J connectivity index is 1.09. The predicted octanol–water partition coefficient (Wildman–Crippen LogP) is 14.3. The van der Waals surface area contributed by atoms with Gasteiger partial charge >= 0.3 is 0 Å². The van der Waals surface area contributed by atoms with E-state index in [1.807, 2.05) is 23.5 Å². The molecule has 0 N–H and O–H groups in total. The van der Waals surface area contributed by atoms with Gasteiger partial charge in [-0.2, -0.15) is 0 Å². The number of hydrogen-bond donors (Lipinski definition) is 0. The van der Waals surface area contributed by atoms with Crippen LogP contribution in [0.5, 0.6) is 0 Å². The van der Waals surface area contributed by atoms with E-state index in [0.717, 1.165) is 50.5 Å². The number of nitrogens with zero attached hydrogens (tertiary/aromatic N) is 3. The van der Waals surface area contributed by atoms with Crippen LogP contribution in [0, 0.1) is 0 Å². The number of rotatable bonds is 6. The number of para-hydroxylation sites is 1. The second-order valence-electron chi connectivity index (χ2n) is 14.2. The molecule has 3 heterocycles. The maximum atomic E-state index is 5.30. The van der Waals surface area contributed by atoms with Gasteiger partial charge in [0.1, 0.15) is 0 Å². The van der Waals surface area contributed by atoms with Crippen LogP contribution >= 0.6 is 11.3 Å². The summed E-state index contributed by atoms with van der Waals surface area (Å²) in [4.78, 5) is 10.5. The number of fused-ring (bicyclic) bond motifs is 6. The van der Waals surface area contributed by atoms with Gasteiger partial charge in [-0.25, -0.2) is 9.97 Å². The van der Waals surface area contributed by atoms with Crippen LogP contribution in [0.25, 0.3) is 104 Å². The quantitative estimate of drug-likeness (QED) is 0.170. The summed E-state index contributed by atoms with van der Waals surface area (Å²) in [6, 6.07) is 71.4. The molecule has 3 nitrogen and oxygen atoms in total. The zero-order valence-electron chi connectivity index (χ0n) is 30.3. The Morgan fingerprint density at radius 3 is 1.79 bits per heavy atom. The van der Waals surface area contributed by atoms with Gasteiger partial charge in [0.15, 0.2) is 5.82 Å². The fourth-order valence-corrected chi connectivity index (χ4v) is 9.34. The van der Waals surface area contributed by atoms with Crippen LogP contribution in [0.1, 0.15) is 0 Å². The smallest absolute Gasteiger partial charge is 0.161 e. The lowest BCUT2D eigenvalue weighted by molar-refractivity contribution is 1.18. The van der Waals surface area contributed by atoms with E-state index >= 15 is 0 Å². The molecule has 262 valence electrons. The highest BCUT2D eigenvalue weighted by molar-refractivity contribution is 7.25. The summed E-state index contributed by atoms with van der Waals surface area (Å²) in [5.41, 5.74) is 13.0. The minimum atomic E-state index is 0.701. The molecule has 0 aliphatic heterocycles. The van der Waals surface area contributed by atoms with Gasteiger partial charge in [-0.05, 0) is 70.8 Å². The van der Waals surface area contributed by atoms with Gasteiger partial charge in [-0.1, -0.05) is 152 Å². The van der Waals surface area contributed by atoms with Crippen LogP contribution < -0.4 is 0 Å². The maximum absolute atomic E-state index is 5.30. The molecule has 0 saturated carbocycles. The van der Waals surface area contributed by atoms with Crippen molar-refractivity contribution in [3.63, 3.8) is 0 Å². The minimum absolute atomic E-state index is 0.701. The minimum Gasteiger partial charge on any atom is -0.309 e. The molecule has 4 heteroatoms. The molecule has 0 saturated heterocycles. The summed E-state index contributed by atoms with van der Waals surface area (Å²) in [6.07, 6.45) is 0. The summed E-state index contributed by atoms with van der Waals surface area (Å²) in [7, 11) is 0. The second kappa shape index (κ2) is 13.3. The molecule has 8 aromatic carbocycles.